The van der Waals surface area contributed by atoms with E-state index in [0.717, 1.165) is 0 Å². The Morgan fingerprint density at radius 3 is 2.17 bits per heavy atom. The third kappa shape index (κ3) is 5.15. The van der Waals surface area contributed by atoms with Crippen LogP contribution in [0.5, 0.6) is 5.75 Å². The second kappa shape index (κ2) is 8.48. The summed E-state index contributed by atoms with van der Waals surface area (Å²) in [5, 5.41) is 26.3. The van der Waals surface area contributed by atoms with Crippen molar-refractivity contribution in [1.82, 2.24) is 4.90 Å². The molecule has 0 amide bonds. The normalized spacial score (nSPS) is 10.3. The molecule has 1 rings (SSSR count). The Morgan fingerprint density at radius 2 is 1.67 bits per heavy atom. The largest absolute Gasteiger partial charge is 0.492 e. The first-order valence-electron chi connectivity index (χ1n) is 5.87. The Bertz CT molecular complexity index is 367. The van der Waals surface area contributed by atoms with E-state index in [1.54, 1.807) is 24.3 Å². The van der Waals surface area contributed by atoms with Crippen molar-refractivity contribution in [2.75, 3.05) is 39.5 Å². The van der Waals surface area contributed by atoms with Gasteiger partial charge in [-0.05, 0) is 24.3 Å². The minimum Gasteiger partial charge on any atom is -0.492 e. The van der Waals surface area contributed by atoms with Gasteiger partial charge in [-0.25, -0.2) is 0 Å². The van der Waals surface area contributed by atoms with Gasteiger partial charge in [0, 0.05) is 19.6 Å². The van der Waals surface area contributed by atoms with Crippen molar-refractivity contribution in [2.45, 2.75) is 0 Å². The Kier molecular flexibility index (Phi) is 6.81. The van der Waals surface area contributed by atoms with Gasteiger partial charge in [-0.15, -0.1) is 0 Å². The van der Waals surface area contributed by atoms with Crippen LogP contribution in [0.2, 0.25) is 0 Å². The highest BCUT2D eigenvalue weighted by molar-refractivity contribution is 5.34. The monoisotopic (exact) mass is 250 g/mol. The molecule has 0 aliphatic heterocycles. The van der Waals surface area contributed by atoms with Gasteiger partial charge in [0.05, 0.1) is 24.8 Å². The summed E-state index contributed by atoms with van der Waals surface area (Å²) in [5.74, 6) is 0.710. The molecule has 0 bridgehead atoms. The molecule has 0 aromatic heterocycles. The lowest BCUT2D eigenvalue weighted by molar-refractivity contribution is 0.141. The highest BCUT2D eigenvalue weighted by atomic mass is 16.5. The molecule has 0 heterocycles. The molecule has 2 N–H and O–H groups in total. The molecule has 5 heteroatoms. The van der Waals surface area contributed by atoms with Gasteiger partial charge in [-0.2, -0.15) is 5.26 Å². The fourth-order valence-electron chi connectivity index (χ4n) is 1.54. The average Bonchev–Trinajstić information content (AvgIpc) is 2.40. The van der Waals surface area contributed by atoms with E-state index in [9.17, 15) is 0 Å². The number of nitriles is 1. The maximum absolute atomic E-state index is 8.84. The second-order valence-electron chi connectivity index (χ2n) is 3.77. The van der Waals surface area contributed by atoms with Crippen LogP contribution >= 0.6 is 0 Å². The maximum Gasteiger partial charge on any atom is 0.119 e. The van der Waals surface area contributed by atoms with Gasteiger partial charge in [-0.3, -0.25) is 4.90 Å². The molecular formula is C13H18N2O3. The molecule has 0 aliphatic rings. The van der Waals surface area contributed by atoms with Crippen LogP contribution in [0.4, 0.5) is 0 Å². The number of aliphatic hydroxyl groups excluding tert-OH is 2. The Morgan fingerprint density at radius 1 is 1.06 bits per heavy atom. The zero-order chi connectivity index (χ0) is 13.2. The predicted octanol–water partition coefficient (Wildman–Crippen LogP) is 0.224. The molecule has 0 fully saturated rings. The van der Waals surface area contributed by atoms with Crippen molar-refractivity contribution in [3.63, 3.8) is 0 Å². The first kappa shape index (κ1) is 14.5. The van der Waals surface area contributed by atoms with Crippen LogP contribution in [-0.2, 0) is 0 Å². The predicted molar refractivity (Wildman–Crippen MR) is 67.3 cm³/mol. The van der Waals surface area contributed by atoms with Crippen LogP contribution in [0, 0.1) is 11.3 Å². The number of ether oxygens (including phenoxy) is 1. The molecule has 5 nitrogen and oxygen atoms in total. The van der Waals surface area contributed by atoms with Gasteiger partial charge >= 0.3 is 0 Å². The van der Waals surface area contributed by atoms with Crippen molar-refractivity contribution in [2.24, 2.45) is 0 Å². The van der Waals surface area contributed by atoms with E-state index < -0.39 is 0 Å². The highest BCUT2D eigenvalue weighted by Gasteiger charge is 2.03. The summed E-state index contributed by atoms with van der Waals surface area (Å²) in [6, 6.07) is 8.95. The molecule has 0 saturated heterocycles. The van der Waals surface area contributed by atoms with Crippen molar-refractivity contribution >= 4 is 0 Å². The maximum atomic E-state index is 8.84. The first-order valence-corrected chi connectivity index (χ1v) is 5.87. The number of hydrogen-bond donors (Lipinski definition) is 2. The lowest BCUT2D eigenvalue weighted by Gasteiger charge is -2.20. The molecule has 0 aliphatic carbocycles. The average molecular weight is 250 g/mol. The molecule has 1 aromatic rings. The van der Waals surface area contributed by atoms with Gasteiger partial charge in [0.1, 0.15) is 12.4 Å². The van der Waals surface area contributed by atoms with Gasteiger partial charge < -0.3 is 14.9 Å². The summed E-state index contributed by atoms with van der Waals surface area (Å²) in [4.78, 5) is 1.92. The number of aliphatic hydroxyl groups is 2. The van der Waals surface area contributed by atoms with Gasteiger partial charge in [0.15, 0.2) is 0 Å². The smallest absolute Gasteiger partial charge is 0.119 e. The summed E-state index contributed by atoms with van der Waals surface area (Å²) < 4.78 is 5.51. The zero-order valence-electron chi connectivity index (χ0n) is 10.2. The van der Waals surface area contributed by atoms with Crippen LogP contribution in [0.1, 0.15) is 5.56 Å². The van der Waals surface area contributed by atoms with Crippen molar-refractivity contribution in [1.29, 1.82) is 5.26 Å². The molecule has 0 atom stereocenters. The van der Waals surface area contributed by atoms with E-state index in [4.69, 9.17) is 20.2 Å². The Hall–Kier alpha value is -1.61. The molecule has 0 saturated carbocycles. The second-order valence-corrected chi connectivity index (χ2v) is 3.77. The summed E-state index contributed by atoms with van der Waals surface area (Å²) in [6.07, 6.45) is 0. The van der Waals surface area contributed by atoms with Crippen LogP contribution in [0.15, 0.2) is 24.3 Å². The highest BCUT2D eigenvalue weighted by Crippen LogP contribution is 2.11. The Labute approximate surface area is 107 Å². The molecule has 1 aromatic carbocycles. The lowest BCUT2D eigenvalue weighted by Crippen LogP contribution is -2.33. The van der Waals surface area contributed by atoms with E-state index in [-0.39, 0.29) is 13.2 Å². The van der Waals surface area contributed by atoms with Crippen LogP contribution in [0.25, 0.3) is 0 Å². The van der Waals surface area contributed by atoms with Crippen molar-refractivity contribution < 1.29 is 14.9 Å². The van der Waals surface area contributed by atoms with E-state index in [1.165, 1.54) is 0 Å². The lowest BCUT2D eigenvalue weighted by atomic mass is 10.2. The van der Waals surface area contributed by atoms with Gasteiger partial charge in [-0.1, -0.05) is 0 Å². The fourth-order valence-corrected chi connectivity index (χ4v) is 1.54. The summed E-state index contributed by atoms with van der Waals surface area (Å²) >= 11 is 0. The van der Waals surface area contributed by atoms with Crippen LogP contribution < -0.4 is 4.74 Å². The molecule has 98 valence electrons. The summed E-state index contributed by atoms with van der Waals surface area (Å²) in [5.41, 5.74) is 0.601. The number of hydrogen-bond acceptors (Lipinski definition) is 5. The topological polar surface area (TPSA) is 76.7 Å². The zero-order valence-corrected chi connectivity index (χ0v) is 10.2. The van der Waals surface area contributed by atoms with Gasteiger partial charge in [0.25, 0.3) is 0 Å². The third-order valence-electron chi connectivity index (χ3n) is 2.49. The van der Waals surface area contributed by atoms with E-state index >= 15 is 0 Å². The molecule has 0 unspecified atom stereocenters. The molecule has 0 radical (unpaired) electrons. The van der Waals surface area contributed by atoms with E-state index in [0.29, 0.717) is 37.6 Å². The van der Waals surface area contributed by atoms with Crippen molar-refractivity contribution in [3.8, 4) is 11.8 Å². The van der Waals surface area contributed by atoms with Crippen LogP contribution in [0.3, 0.4) is 0 Å². The summed E-state index contributed by atoms with van der Waals surface area (Å²) in [7, 11) is 0. The van der Waals surface area contributed by atoms with E-state index in [2.05, 4.69) is 0 Å². The van der Waals surface area contributed by atoms with Crippen LogP contribution in [-0.4, -0.2) is 54.6 Å². The minimum atomic E-state index is 0.0663. The van der Waals surface area contributed by atoms with Crippen molar-refractivity contribution in [3.05, 3.63) is 29.8 Å². The molecular weight excluding hydrogens is 232 g/mol. The number of nitrogens with zero attached hydrogens (tertiary/aromatic N) is 2. The SMILES string of the molecule is N#Cc1ccc(OCCN(CCO)CCO)cc1. The standard InChI is InChI=1S/C13H18N2O3/c14-11-12-1-3-13(4-2-12)18-10-7-15(5-8-16)6-9-17/h1-4,16-17H,5-10H2. The van der Waals surface area contributed by atoms with E-state index in [1.807, 2.05) is 11.0 Å². The molecule has 0 spiro atoms. The number of benzene rings is 1. The first-order chi connectivity index (χ1) is 8.80. The Balaban J connectivity index is 2.33. The quantitative estimate of drug-likeness (QED) is 0.690. The van der Waals surface area contributed by atoms with Gasteiger partial charge in [0.2, 0.25) is 0 Å². The summed E-state index contributed by atoms with van der Waals surface area (Å²) in [6.45, 7) is 2.30. The minimum absolute atomic E-state index is 0.0663. The third-order valence-corrected chi connectivity index (χ3v) is 2.49. The number of rotatable bonds is 8. The fraction of sp³-hybridized carbons (Fsp3) is 0.462. The molecule has 18 heavy (non-hydrogen) atoms.